The predicted octanol–water partition coefficient (Wildman–Crippen LogP) is 3.10. The summed E-state index contributed by atoms with van der Waals surface area (Å²) in [5.41, 5.74) is 3.24. The number of aromatic amines is 1. The van der Waals surface area contributed by atoms with Crippen molar-refractivity contribution in [2.24, 2.45) is 0 Å². The second-order valence-corrected chi connectivity index (χ2v) is 4.28. The van der Waals surface area contributed by atoms with Gasteiger partial charge in [-0.25, -0.2) is 4.98 Å². The van der Waals surface area contributed by atoms with E-state index in [0.29, 0.717) is 12.8 Å². The maximum Gasteiger partial charge on any atom is 0.122 e. The van der Waals surface area contributed by atoms with E-state index in [9.17, 15) is 0 Å². The number of hydrogen-bond donors (Lipinski definition) is 1. The predicted molar refractivity (Wildman–Crippen MR) is 73.9 cm³/mol. The molecule has 0 aliphatic heterocycles. The summed E-state index contributed by atoms with van der Waals surface area (Å²) in [5, 5.41) is 8.57. The Morgan fingerprint density at radius 1 is 1.42 bits per heavy atom. The molecule has 1 aromatic carbocycles. The fourth-order valence-electron chi connectivity index (χ4n) is 2.03. The van der Waals surface area contributed by atoms with Crippen molar-refractivity contribution in [3.8, 4) is 23.1 Å². The largest absolute Gasteiger partial charge is 0.496 e. The first kappa shape index (κ1) is 13.2. The molecule has 0 aliphatic carbocycles. The van der Waals surface area contributed by atoms with E-state index in [-0.39, 0.29) is 0 Å². The van der Waals surface area contributed by atoms with E-state index in [1.54, 1.807) is 7.11 Å². The van der Waals surface area contributed by atoms with Gasteiger partial charge in [0, 0.05) is 18.4 Å². The first-order valence-electron chi connectivity index (χ1n) is 6.36. The number of H-pyrrole nitrogens is 1. The van der Waals surface area contributed by atoms with E-state index in [1.165, 1.54) is 5.56 Å². The van der Waals surface area contributed by atoms with Crippen LogP contribution in [-0.2, 0) is 12.8 Å². The van der Waals surface area contributed by atoms with Crippen LogP contribution < -0.4 is 4.74 Å². The van der Waals surface area contributed by atoms with Gasteiger partial charge in [0.05, 0.1) is 25.1 Å². The number of methoxy groups -OCH3 is 1. The first-order chi connectivity index (χ1) is 9.28. The Kier molecular flexibility index (Phi) is 4.19. The lowest BCUT2D eigenvalue weighted by Gasteiger charge is -2.08. The summed E-state index contributed by atoms with van der Waals surface area (Å²) >= 11 is 0. The van der Waals surface area contributed by atoms with Crippen LogP contribution in [0.1, 0.15) is 24.7 Å². The van der Waals surface area contributed by atoms with Gasteiger partial charge < -0.3 is 9.72 Å². The Labute approximate surface area is 113 Å². The number of rotatable bonds is 5. The monoisotopic (exact) mass is 255 g/mol. The summed E-state index contributed by atoms with van der Waals surface area (Å²) in [5.74, 6) is 1.76. The van der Waals surface area contributed by atoms with E-state index < -0.39 is 0 Å². The lowest BCUT2D eigenvalue weighted by atomic mass is 10.1. The molecule has 0 amide bonds. The van der Waals surface area contributed by atoms with Crippen LogP contribution in [0, 0.1) is 11.3 Å². The topological polar surface area (TPSA) is 61.7 Å². The van der Waals surface area contributed by atoms with Crippen LogP contribution in [0.2, 0.25) is 0 Å². The summed E-state index contributed by atoms with van der Waals surface area (Å²) in [6.45, 7) is 2.10. The van der Waals surface area contributed by atoms with Crippen LogP contribution in [0.15, 0.2) is 24.4 Å². The van der Waals surface area contributed by atoms with Gasteiger partial charge in [-0.15, -0.1) is 0 Å². The van der Waals surface area contributed by atoms with E-state index in [2.05, 4.69) is 29.0 Å². The van der Waals surface area contributed by atoms with Crippen molar-refractivity contribution in [2.75, 3.05) is 7.11 Å². The molecule has 0 bridgehead atoms. The molecule has 0 radical (unpaired) electrons. The highest BCUT2D eigenvalue weighted by molar-refractivity contribution is 5.61. The first-order valence-corrected chi connectivity index (χ1v) is 6.36. The van der Waals surface area contributed by atoms with Gasteiger partial charge in [0.25, 0.3) is 0 Å². The van der Waals surface area contributed by atoms with Crippen LogP contribution in [0.4, 0.5) is 0 Å². The van der Waals surface area contributed by atoms with Gasteiger partial charge in [-0.05, 0) is 30.2 Å². The molecule has 0 saturated heterocycles. The molecule has 98 valence electrons. The molecule has 0 fully saturated rings. The molecule has 2 aromatic rings. The maximum absolute atomic E-state index is 8.57. The van der Waals surface area contributed by atoms with E-state index in [4.69, 9.17) is 10.00 Å². The van der Waals surface area contributed by atoms with Crippen molar-refractivity contribution in [3.05, 3.63) is 35.8 Å². The molecule has 0 spiro atoms. The van der Waals surface area contributed by atoms with E-state index >= 15 is 0 Å². The lowest BCUT2D eigenvalue weighted by molar-refractivity contribution is 0.410. The maximum atomic E-state index is 8.57. The summed E-state index contributed by atoms with van der Waals surface area (Å²) in [6.07, 6.45) is 3.88. The van der Waals surface area contributed by atoms with Gasteiger partial charge in [0.15, 0.2) is 0 Å². The number of aryl methyl sites for hydroxylation is 2. The minimum atomic E-state index is 0.482. The molecule has 0 unspecified atom stereocenters. The number of benzene rings is 1. The average Bonchev–Trinajstić information content (AvgIpc) is 2.93. The number of imidazole rings is 1. The van der Waals surface area contributed by atoms with Crippen molar-refractivity contribution in [2.45, 2.75) is 26.2 Å². The molecule has 1 heterocycles. The van der Waals surface area contributed by atoms with E-state index in [0.717, 1.165) is 29.3 Å². The molecule has 4 nitrogen and oxygen atoms in total. The van der Waals surface area contributed by atoms with Gasteiger partial charge in [0.2, 0.25) is 0 Å². The third-order valence-corrected chi connectivity index (χ3v) is 3.07. The highest BCUT2D eigenvalue weighted by atomic mass is 16.5. The van der Waals surface area contributed by atoms with Gasteiger partial charge in [-0.2, -0.15) is 5.26 Å². The molecule has 0 atom stereocenters. The number of nitrogens with zero attached hydrogens (tertiary/aromatic N) is 2. The highest BCUT2D eigenvalue weighted by Gasteiger charge is 2.07. The Hall–Kier alpha value is -2.28. The molecule has 1 N–H and O–H groups in total. The van der Waals surface area contributed by atoms with Gasteiger partial charge in [-0.3, -0.25) is 0 Å². The second-order valence-electron chi connectivity index (χ2n) is 4.28. The molecule has 4 heteroatoms. The lowest BCUT2D eigenvalue weighted by Crippen LogP contribution is -1.91. The third-order valence-electron chi connectivity index (χ3n) is 3.07. The zero-order chi connectivity index (χ0) is 13.7. The van der Waals surface area contributed by atoms with Crippen molar-refractivity contribution in [3.63, 3.8) is 0 Å². The molecule has 2 rings (SSSR count). The summed E-state index contributed by atoms with van der Waals surface area (Å²) in [4.78, 5) is 7.54. The number of ether oxygens (including phenoxy) is 1. The Morgan fingerprint density at radius 3 is 2.95 bits per heavy atom. The van der Waals surface area contributed by atoms with Crippen LogP contribution >= 0.6 is 0 Å². The summed E-state index contributed by atoms with van der Waals surface area (Å²) in [7, 11) is 1.68. The van der Waals surface area contributed by atoms with Crippen LogP contribution in [0.3, 0.4) is 0 Å². The summed E-state index contributed by atoms with van der Waals surface area (Å²) < 4.78 is 5.32. The molecule has 0 aliphatic rings. The number of aromatic nitrogens is 2. The fourth-order valence-corrected chi connectivity index (χ4v) is 2.03. The van der Waals surface area contributed by atoms with Crippen molar-refractivity contribution >= 4 is 0 Å². The minimum absolute atomic E-state index is 0.482. The van der Waals surface area contributed by atoms with Crippen LogP contribution in [-0.4, -0.2) is 17.1 Å². The minimum Gasteiger partial charge on any atom is -0.496 e. The zero-order valence-corrected chi connectivity index (χ0v) is 11.2. The Balaban J connectivity index is 2.26. The van der Waals surface area contributed by atoms with Crippen LogP contribution in [0.25, 0.3) is 11.3 Å². The standard InChI is InChI=1S/C15H17N3O/c1-3-11-9-12(6-7-14(11)19-2)13-10-17-15(18-13)5-4-8-16/h6-7,9-10H,3-5H2,1-2H3,(H,17,18). The fraction of sp³-hybridized carbons (Fsp3) is 0.333. The Morgan fingerprint density at radius 2 is 2.26 bits per heavy atom. The highest BCUT2D eigenvalue weighted by Crippen LogP contribution is 2.26. The molecular formula is C15H17N3O. The average molecular weight is 255 g/mol. The molecule has 1 aromatic heterocycles. The number of hydrogen-bond acceptors (Lipinski definition) is 3. The number of nitrogens with one attached hydrogen (secondary N) is 1. The smallest absolute Gasteiger partial charge is 0.122 e. The van der Waals surface area contributed by atoms with E-state index in [1.807, 2.05) is 18.3 Å². The van der Waals surface area contributed by atoms with Crippen molar-refractivity contribution in [1.82, 2.24) is 9.97 Å². The summed E-state index contributed by atoms with van der Waals surface area (Å²) in [6, 6.07) is 8.22. The normalized spacial score (nSPS) is 10.2. The molecule has 0 saturated carbocycles. The van der Waals surface area contributed by atoms with Crippen LogP contribution in [0.5, 0.6) is 5.75 Å². The van der Waals surface area contributed by atoms with Crippen molar-refractivity contribution < 1.29 is 4.74 Å². The zero-order valence-electron chi connectivity index (χ0n) is 11.2. The van der Waals surface area contributed by atoms with Gasteiger partial charge in [-0.1, -0.05) is 6.92 Å². The second kappa shape index (κ2) is 6.05. The SMILES string of the molecule is CCc1cc(-c2cnc(CCC#N)[nH]2)ccc1OC. The third kappa shape index (κ3) is 2.94. The molecular weight excluding hydrogens is 238 g/mol. The van der Waals surface area contributed by atoms with Gasteiger partial charge in [0.1, 0.15) is 11.6 Å². The molecule has 19 heavy (non-hydrogen) atoms. The number of nitriles is 1. The Bertz CT molecular complexity index is 596. The quantitative estimate of drug-likeness (QED) is 0.893. The van der Waals surface area contributed by atoms with Gasteiger partial charge >= 0.3 is 0 Å². The van der Waals surface area contributed by atoms with Crippen molar-refractivity contribution in [1.29, 1.82) is 5.26 Å².